The van der Waals surface area contributed by atoms with E-state index in [0.717, 1.165) is 0 Å². The summed E-state index contributed by atoms with van der Waals surface area (Å²) in [6.07, 6.45) is 0.523. The fourth-order valence-electron chi connectivity index (χ4n) is 1.52. The average molecular weight is 249 g/mol. The van der Waals surface area contributed by atoms with Crippen LogP contribution < -0.4 is 10.1 Å². The van der Waals surface area contributed by atoms with Crippen molar-refractivity contribution < 1.29 is 9.66 Å². The molecule has 18 heavy (non-hydrogen) atoms. The number of rotatable bonds is 6. The summed E-state index contributed by atoms with van der Waals surface area (Å²) in [5.41, 5.74) is 0.540. The SMILES string of the molecule is CNC(C#N)CCOc1cccc([N+](=O)[O-])c1C. The molecule has 0 fully saturated rings. The number of hydrogen-bond acceptors (Lipinski definition) is 5. The summed E-state index contributed by atoms with van der Waals surface area (Å²) >= 11 is 0. The van der Waals surface area contributed by atoms with Crippen LogP contribution in [0.2, 0.25) is 0 Å². The standard InChI is InChI=1S/C12H15N3O3/c1-9-11(15(16)17)4-3-5-12(9)18-7-6-10(8-13)14-2/h3-5,10,14H,6-7H2,1-2H3. The van der Waals surface area contributed by atoms with Gasteiger partial charge in [-0.25, -0.2) is 0 Å². The molecule has 0 heterocycles. The van der Waals surface area contributed by atoms with Gasteiger partial charge in [0.2, 0.25) is 0 Å². The molecule has 0 aliphatic rings. The molecular weight excluding hydrogens is 234 g/mol. The van der Waals surface area contributed by atoms with Crippen molar-refractivity contribution in [3.8, 4) is 11.8 Å². The van der Waals surface area contributed by atoms with Crippen LogP contribution in [0.15, 0.2) is 18.2 Å². The van der Waals surface area contributed by atoms with Crippen molar-refractivity contribution in [1.29, 1.82) is 5.26 Å². The molecule has 1 aromatic rings. The normalized spacial score (nSPS) is 11.6. The van der Waals surface area contributed by atoms with E-state index in [1.165, 1.54) is 6.07 Å². The lowest BCUT2D eigenvalue weighted by Crippen LogP contribution is -2.25. The summed E-state index contributed by atoms with van der Waals surface area (Å²) in [7, 11) is 1.70. The Morgan fingerprint density at radius 3 is 2.89 bits per heavy atom. The van der Waals surface area contributed by atoms with Crippen LogP contribution in [0.1, 0.15) is 12.0 Å². The van der Waals surface area contributed by atoms with Crippen molar-refractivity contribution in [3.63, 3.8) is 0 Å². The number of nitrogens with zero attached hydrogens (tertiary/aromatic N) is 2. The summed E-state index contributed by atoms with van der Waals surface area (Å²) in [6.45, 7) is 1.98. The third kappa shape index (κ3) is 3.43. The van der Waals surface area contributed by atoms with Gasteiger partial charge in [-0.2, -0.15) is 5.26 Å². The minimum atomic E-state index is -0.437. The lowest BCUT2D eigenvalue weighted by molar-refractivity contribution is -0.385. The van der Waals surface area contributed by atoms with E-state index in [9.17, 15) is 10.1 Å². The molecular formula is C12H15N3O3. The molecule has 6 heteroatoms. The second kappa shape index (κ2) is 6.57. The molecule has 0 saturated heterocycles. The Morgan fingerprint density at radius 1 is 1.61 bits per heavy atom. The number of ether oxygens (including phenoxy) is 1. The molecule has 0 amide bonds. The van der Waals surface area contributed by atoms with Gasteiger partial charge in [0.05, 0.1) is 29.2 Å². The van der Waals surface area contributed by atoms with Crippen LogP contribution in [0.4, 0.5) is 5.69 Å². The van der Waals surface area contributed by atoms with E-state index in [2.05, 4.69) is 11.4 Å². The topological polar surface area (TPSA) is 88.2 Å². The van der Waals surface area contributed by atoms with Crippen LogP contribution in [0.3, 0.4) is 0 Å². The van der Waals surface area contributed by atoms with Gasteiger partial charge in [0.1, 0.15) is 5.75 Å². The fourth-order valence-corrected chi connectivity index (χ4v) is 1.52. The number of nitro benzene ring substituents is 1. The molecule has 1 aromatic carbocycles. The molecule has 0 aliphatic heterocycles. The number of nitrogens with one attached hydrogen (secondary N) is 1. The Labute approximate surface area is 105 Å². The van der Waals surface area contributed by atoms with Crippen molar-refractivity contribution in [2.75, 3.05) is 13.7 Å². The minimum absolute atomic E-state index is 0.0398. The zero-order valence-corrected chi connectivity index (χ0v) is 10.3. The second-order valence-corrected chi connectivity index (χ2v) is 3.76. The number of hydrogen-bond donors (Lipinski definition) is 1. The lowest BCUT2D eigenvalue weighted by atomic mass is 10.2. The van der Waals surface area contributed by atoms with Crippen LogP contribution in [0, 0.1) is 28.4 Å². The first-order chi connectivity index (χ1) is 8.60. The van der Waals surface area contributed by atoms with E-state index in [1.54, 1.807) is 26.1 Å². The summed E-state index contributed by atoms with van der Waals surface area (Å²) in [4.78, 5) is 10.3. The van der Waals surface area contributed by atoms with Crippen molar-refractivity contribution in [1.82, 2.24) is 5.32 Å². The summed E-state index contributed by atoms with van der Waals surface area (Å²) in [6, 6.07) is 6.51. The van der Waals surface area contributed by atoms with Gasteiger partial charge in [0.25, 0.3) is 5.69 Å². The van der Waals surface area contributed by atoms with Gasteiger partial charge in [-0.1, -0.05) is 6.07 Å². The van der Waals surface area contributed by atoms with E-state index >= 15 is 0 Å². The van der Waals surface area contributed by atoms with Gasteiger partial charge < -0.3 is 10.1 Å². The average Bonchev–Trinajstić information content (AvgIpc) is 2.36. The zero-order valence-electron chi connectivity index (χ0n) is 10.3. The highest BCUT2D eigenvalue weighted by Crippen LogP contribution is 2.26. The van der Waals surface area contributed by atoms with Gasteiger partial charge >= 0.3 is 0 Å². The molecule has 0 aliphatic carbocycles. The van der Waals surface area contributed by atoms with Crippen molar-refractivity contribution in [2.45, 2.75) is 19.4 Å². The summed E-state index contributed by atoms with van der Waals surface area (Å²) in [5, 5.41) is 22.3. The quantitative estimate of drug-likeness (QED) is 0.613. The molecule has 0 spiro atoms. The molecule has 1 rings (SSSR count). The number of nitriles is 1. The second-order valence-electron chi connectivity index (χ2n) is 3.76. The molecule has 1 atom stereocenters. The van der Waals surface area contributed by atoms with Gasteiger partial charge in [0.15, 0.2) is 0 Å². The summed E-state index contributed by atoms with van der Waals surface area (Å²) < 4.78 is 5.47. The highest BCUT2D eigenvalue weighted by molar-refractivity contribution is 5.48. The van der Waals surface area contributed by atoms with Crippen LogP contribution >= 0.6 is 0 Å². The third-order valence-corrected chi connectivity index (χ3v) is 2.62. The molecule has 0 saturated carbocycles. The third-order valence-electron chi connectivity index (χ3n) is 2.62. The zero-order chi connectivity index (χ0) is 13.5. The van der Waals surface area contributed by atoms with E-state index < -0.39 is 4.92 Å². The molecule has 1 unspecified atom stereocenters. The van der Waals surface area contributed by atoms with Gasteiger partial charge in [-0.3, -0.25) is 10.1 Å². The van der Waals surface area contributed by atoms with Crippen LogP contribution in [0.5, 0.6) is 5.75 Å². The van der Waals surface area contributed by atoms with E-state index in [0.29, 0.717) is 24.3 Å². The maximum atomic E-state index is 10.7. The van der Waals surface area contributed by atoms with E-state index in [-0.39, 0.29) is 11.7 Å². The molecule has 96 valence electrons. The Bertz CT molecular complexity index is 468. The Balaban J connectivity index is 2.66. The summed E-state index contributed by atoms with van der Waals surface area (Å²) in [5.74, 6) is 0.483. The largest absolute Gasteiger partial charge is 0.493 e. The molecule has 0 bridgehead atoms. The predicted molar refractivity (Wildman–Crippen MR) is 66.4 cm³/mol. The van der Waals surface area contributed by atoms with Gasteiger partial charge in [-0.05, 0) is 20.0 Å². The van der Waals surface area contributed by atoms with Crippen LogP contribution in [-0.4, -0.2) is 24.6 Å². The highest BCUT2D eigenvalue weighted by Gasteiger charge is 2.14. The maximum absolute atomic E-state index is 10.7. The predicted octanol–water partition coefficient (Wildman–Crippen LogP) is 1.78. The molecule has 0 aromatic heterocycles. The monoisotopic (exact) mass is 249 g/mol. The van der Waals surface area contributed by atoms with Crippen molar-refractivity contribution >= 4 is 5.69 Å². The lowest BCUT2D eigenvalue weighted by Gasteiger charge is -2.11. The first-order valence-electron chi connectivity index (χ1n) is 5.53. The van der Waals surface area contributed by atoms with E-state index in [4.69, 9.17) is 10.00 Å². The van der Waals surface area contributed by atoms with Crippen molar-refractivity contribution in [3.05, 3.63) is 33.9 Å². The maximum Gasteiger partial charge on any atom is 0.276 e. The Hall–Kier alpha value is -2.13. The highest BCUT2D eigenvalue weighted by atomic mass is 16.6. The Kier molecular flexibility index (Phi) is 5.08. The number of nitro groups is 1. The molecule has 6 nitrogen and oxygen atoms in total. The first-order valence-corrected chi connectivity index (χ1v) is 5.53. The van der Waals surface area contributed by atoms with Gasteiger partial charge in [0, 0.05) is 12.5 Å². The Morgan fingerprint density at radius 2 is 2.33 bits per heavy atom. The van der Waals surface area contributed by atoms with Crippen molar-refractivity contribution in [2.24, 2.45) is 0 Å². The van der Waals surface area contributed by atoms with Gasteiger partial charge in [-0.15, -0.1) is 0 Å². The smallest absolute Gasteiger partial charge is 0.276 e. The van der Waals surface area contributed by atoms with E-state index in [1.807, 2.05) is 0 Å². The minimum Gasteiger partial charge on any atom is -0.493 e. The molecule has 1 N–H and O–H groups in total. The number of benzene rings is 1. The first kappa shape index (κ1) is 13.9. The van der Waals surface area contributed by atoms with Crippen LogP contribution in [-0.2, 0) is 0 Å². The fraction of sp³-hybridized carbons (Fsp3) is 0.417. The molecule has 0 radical (unpaired) electrons. The van der Waals surface area contributed by atoms with Crippen LogP contribution in [0.25, 0.3) is 0 Å².